The van der Waals surface area contributed by atoms with Crippen LogP contribution in [0.1, 0.15) is 20.3 Å². The average Bonchev–Trinajstić information content (AvgIpc) is 2.04. The summed E-state index contributed by atoms with van der Waals surface area (Å²) in [4.78, 5) is 0. The summed E-state index contributed by atoms with van der Waals surface area (Å²) < 4.78 is 15.9. The molecule has 3 nitrogen and oxygen atoms in total. The molecule has 0 aromatic carbocycles. The molecule has 0 radical (unpaired) electrons. The van der Waals surface area contributed by atoms with Crippen molar-refractivity contribution < 1.29 is 13.3 Å². The Morgan fingerprint density at radius 3 is 2.00 bits per heavy atom. The van der Waals surface area contributed by atoms with Crippen LogP contribution >= 0.6 is 0 Å². The number of hydrogen-bond donors (Lipinski definition) is 0. The highest BCUT2D eigenvalue weighted by Crippen LogP contribution is 2.10. The molecule has 0 aromatic rings. The van der Waals surface area contributed by atoms with Crippen LogP contribution in [0.4, 0.5) is 0 Å². The van der Waals surface area contributed by atoms with E-state index in [2.05, 4.69) is 6.92 Å². The van der Waals surface area contributed by atoms with Gasteiger partial charge >= 0.3 is 8.80 Å². The summed E-state index contributed by atoms with van der Waals surface area (Å²) in [7, 11) is 0.965. The van der Waals surface area contributed by atoms with Gasteiger partial charge in [0.2, 0.25) is 0 Å². The quantitative estimate of drug-likeness (QED) is 0.599. The van der Waals surface area contributed by atoms with E-state index in [9.17, 15) is 0 Å². The van der Waals surface area contributed by atoms with Crippen molar-refractivity contribution in [3.8, 4) is 0 Å². The van der Waals surface area contributed by atoms with Crippen LogP contribution in [0.2, 0.25) is 6.55 Å². The van der Waals surface area contributed by atoms with Crippen LogP contribution in [-0.4, -0.2) is 29.1 Å². The summed E-state index contributed by atoms with van der Waals surface area (Å²) in [5.74, 6) is 0. The zero-order valence-corrected chi connectivity index (χ0v) is 9.01. The van der Waals surface area contributed by atoms with E-state index in [0.717, 1.165) is 6.42 Å². The Morgan fingerprint density at radius 1 is 1.27 bits per heavy atom. The lowest BCUT2D eigenvalue weighted by Gasteiger charge is -2.25. The first-order valence-electron chi connectivity index (χ1n) is 3.86. The van der Waals surface area contributed by atoms with Gasteiger partial charge in [0.25, 0.3) is 0 Å². The van der Waals surface area contributed by atoms with Gasteiger partial charge in [0.15, 0.2) is 0 Å². The van der Waals surface area contributed by atoms with E-state index in [0.29, 0.717) is 0 Å². The van der Waals surface area contributed by atoms with Crippen LogP contribution in [0.25, 0.3) is 0 Å². The largest absolute Gasteiger partial charge is 0.497 e. The molecular weight excluding hydrogens is 160 g/mol. The molecule has 0 saturated heterocycles. The minimum Gasteiger partial charge on any atom is -0.377 e. The second kappa shape index (κ2) is 4.87. The van der Waals surface area contributed by atoms with Gasteiger partial charge in [-0.25, -0.2) is 0 Å². The van der Waals surface area contributed by atoms with Crippen LogP contribution in [0, 0.1) is 0 Å². The molecule has 4 heteroatoms. The Morgan fingerprint density at radius 2 is 1.73 bits per heavy atom. The molecule has 0 spiro atoms. The van der Waals surface area contributed by atoms with Crippen molar-refractivity contribution in [2.45, 2.75) is 32.9 Å². The van der Waals surface area contributed by atoms with Crippen LogP contribution < -0.4 is 0 Å². The molecule has 0 bridgehead atoms. The first-order chi connectivity index (χ1) is 5.08. The Balaban J connectivity index is 3.86. The van der Waals surface area contributed by atoms with E-state index in [1.165, 1.54) is 0 Å². The maximum absolute atomic E-state index is 5.58. The van der Waals surface area contributed by atoms with E-state index < -0.39 is 8.80 Å². The SMILES string of the molecule is CCC(C)O[Si](C)(OC)OC. The highest BCUT2D eigenvalue weighted by Gasteiger charge is 2.33. The van der Waals surface area contributed by atoms with Crippen molar-refractivity contribution in [2.75, 3.05) is 14.2 Å². The van der Waals surface area contributed by atoms with Gasteiger partial charge < -0.3 is 13.3 Å². The van der Waals surface area contributed by atoms with Crippen molar-refractivity contribution in [3.63, 3.8) is 0 Å². The fourth-order valence-electron chi connectivity index (χ4n) is 0.628. The summed E-state index contributed by atoms with van der Waals surface area (Å²) in [6, 6.07) is 0. The van der Waals surface area contributed by atoms with Gasteiger partial charge in [0, 0.05) is 26.9 Å². The zero-order valence-electron chi connectivity index (χ0n) is 8.01. The number of rotatable bonds is 5. The van der Waals surface area contributed by atoms with Crippen LogP contribution in [-0.2, 0) is 13.3 Å². The van der Waals surface area contributed by atoms with E-state index in [-0.39, 0.29) is 6.10 Å². The molecule has 0 rings (SSSR count). The topological polar surface area (TPSA) is 27.7 Å². The third kappa shape index (κ3) is 3.86. The molecule has 0 amide bonds. The first kappa shape index (κ1) is 11.1. The van der Waals surface area contributed by atoms with Crippen molar-refractivity contribution in [3.05, 3.63) is 0 Å². The summed E-state index contributed by atoms with van der Waals surface area (Å²) in [6.45, 7) is 5.98. The fraction of sp³-hybridized carbons (Fsp3) is 1.00. The molecule has 1 atom stereocenters. The monoisotopic (exact) mass is 178 g/mol. The predicted molar refractivity (Wildman–Crippen MR) is 46.5 cm³/mol. The van der Waals surface area contributed by atoms with E-state index in [1.54, 1.807) is 14.2 Å². The van der Waals surface area contributed by atoms with Gasteiger partial charge in [-0.2, -0.15) is 0 Å². The van der Waals surface area contributed by atoms with Crippen molar-refractivity contribution in [2.24, 2.45) is 0 Å². The Bertz CT molecular complexity index is 104. The average molecular weight is 178 g/mol. The molecule has 0 N–H and O–H groups in total. The van der Waals surface area contributed by atoms with Gasteiger partial charge in [-0.15, -0.1) is 0 Å². The van der Waals surface area contributed by atoms with Crippen molar-refractivity contribution in [1.29, 1.82) is 0 Å². The van der Waals surface area contributed by atoms with Gasteiger partial charge in [-0.3, -0.25) is 0 Å². The van der Waals surface area contributed by atoms with E-state index >= 15 is 0 Å². The summed E-state index contributed by atoms with van der Waals surface area (Å²) in [6.07, 6.45) is 1.20. The van der Waals surface area contributed by atoms with Crippen molar-refractivity contribution >= 4 is 8.80 Å². The highest BCUT2D eigenvalue weighted by molar-refractivity contribution is 6.59. The van der Waals surface area contributed by atoms with Gasteiger partial charge in [0.1, 0.15) is 0 Å². The molecular formula is C7H18O3Si. The Hall–Kier alpha value is 0.0969. The van der Waals surface area contributed by atoms with Gasteiger partial charge in [-0.05, 0) is 13.3 Å². The number of hydrogen-bond acceptors (Lipinski definition) is 3. The minimum atomic E-state index is -2.28. The maximum atomic E-state index is 5.58. The summed E-state index contributed by atoms with van der Waals surface area (Å²) in [5.41, 5.74) is 0. The van der Waals surface area contributed by atoms with Gasteiger partial charge in [-0.1, -0.05) is 6.92 Å². The third-order valence-electron chi connectivity index (χ3n) is 1.73. The zero-order chi connectivity index (χ0) is 8.91. The molecule has 0 heterocycles. The second-order valence-electron chi connectivity index (χ2n) is 2.61. The lowest BCUT2D eigenvalue weighted by molar-refractivity contribution is 0.0674. The molecule has 0 aliphatic rings. The molecule has 0 aromatic heterocycles. The van der Waals surface area contributed by atoms with Crippen LogP contribution in [0.3, 0.4) is 0 Å². The van der Waals surface area contributed by atoms with E-state index in [1.807, 2.05) is 13.5 Å². The third-order valence-corrected chi connectivity index (χ3v) is 4.05. The normalized spacial score (nSPS) is 15.0. The lowest BCUT2D eigenvalue weighted by atomic mass is 10.3. The van der Waals surface area contributed by atoms with Crippen LogP contribution in [0.5, 0.6) is 0 Å². The molecule has 0 aliphatic carbocycles. The standard InChI is InChI=1S/C7H18O3Si/c1-6-7(2)10-11(5,8-3)9-4/h7H,6H2,1-5H3. The maximum Gasteiger partial charge on any atom is 0.497 e. The fourth-order valence-corrected chi connectivity index (χ4v) is 1.89. The van der Waals surface area contributed by atoms with Crippen molar-refractivity contribution in [1.82, 2.24) is 0 Å². The second-order valence-corrected chi connectivity index (χ2v) is 5.38. The summed E-state index contributed by atoms with van der Waals surface area (Å²) >= 11 is 0. The first-order valence-corrected chi connectivity index (χ1v) is 6.08. The molecule has 11 heavy (non-hydrogen) atoms. The van der Waals surface area contributed by atoms with E-state index in [4.69, 9.17) is 13.3 Å². The Labute approximate surface area is 70.0 Å². The van der Waals surface area contributed by atoms with Gasteiger partial charge in [0.05, 0.1) is 0 Å². The minimum absolute atomic E-state index is 0.214. The summed E-state index contributed by atoms with van der Waals surface area (Å²) in [5, 5.41) is 0. The highest BCUT2D eigenvalue weighted by atomic mass is 28.4. The Kier molecular flexibility index (Phi) is 4.91. The molecule has 0 fully saturated rings. The lowest BCUT2D eigenvalue weighted by Crippen LogP contribution is -2.42. The van der Waals surface area contributed by atoms with Crippen LogP contribution in [0.15, 0.2) is 0 Å². The predicted octanol–water partition coefficient (Wildman–Crippen LogP) is 1.66. The smallest absolute Gasteiger partial charge is 0.377 e. The molecule has 0 saturated carbocycles. The molecule has 68 valence electrons. The molecule has 0 aliphatic heterocycles. The molecule has 1 unspecified atom stereocenters.